The van der Waals surface area contributed by atoms with Crippen molar-refractivity contribution in [3.05, 3.63) is 60.9 Å². The SMILES string of the molecule is CCCCCCCCCCCC(=O)Nc1ccc(-c2cnc(-c3ccc(NC(=O)CCCCCCCCCCC)cc3)nc2)cc1. The second-order valence-electron chi connectivity index (χ2n) is 12.7. The number of rotatable bonds is 24. The molecule has 3 aromatic rings. The first-order chi connectivity index (χ1) is 22.6. The van der Waals surface area contributed by atoms with Gasteiger partial charge in [0.25, 0.3) is 0 Å². The van der Waals surface area contributed by atoms with Crippen LogP contribution in [0.3, 0.4) is 0 Å². The number of nitrogens with one attached hydrogen (secondary N) is 2. The van der Waals surface area contributed by atoms with E-state index >= 15 is 0 Å². The smallest absolute Gasteiger partial charge is 0.224 e. The fraction of sp³-hybridized carbons (Fsp3) is 0.550. The van der Waals surface area contributed by atoms with Crippen LogP contribution < -0.4 is 10.6 Å². The lowest BCUT2D eigenvalue weighted by Crippen LogP contribution is -2.11. The first-order valence-electron chi connectivity index (χ1n) is 18.2. The summed E-state index contributed by atoms with van der Waals surface area (Å²) in [7, 11) is 0. The maximum Gasteiger partial charge on any atom is 0.224 e. The standard InChI is InChI=1S/C40H58N4O2/c1-3-5-7-9-11-13-15-17-19-21-38(45)43-36-27-23-33(24-28-36)35-31-41-40(42-32-35)34-25-29-37(30-26-34)44-39(46)22-20-18-16-14-12-10-8-6-4-2/h23-32H,3-22H2,1-2H3,(H,43,45)(H,44,46). The van der Waals surface area contributed by atoms with Gasteiger partial charge in [-0.3, -0.25) is 9.59 Å². The molecule has 0 saturated heterocycles. The Hall–Kier alpha value is -3.54. The molecule has 1 aromatic heterocycles. The lowest BCUT2D eigenvalue weighted by molar-refractivity contribution is -0.117. The van der Waals surface area contributed by atoms with Crippen LogP contribution in [0.4, 0.5) is 11.4 Å². The zero-order valence-electron chi connectivity index (χ0n) is 28.6. The van der Waals surface area contributed by atoms with Gasteiger partial charge in [0, 0.05) is 47.7 Å². The minimum absolute atomic E-state index is 0.0701. The third-order valence-electron chi connectivity index (χ3n) is 8.60. The average Bonchev–Trinajstić information content (AvgIpc) is 3.07. The zero-order valence-corrected chi connectivity index (χ0v) is 28.6. The summed E-state index contributed by atoms with van der Waals surface area (Å²) in [5.74, 6) is 0.783. The minimum atomic E-state index is 0.0701. The van der Waals surface area contributed by atoms with Gasteiger partial charge in [0.15, 0.2) is 5.82 Å². The van der Waals surface area contributed by atoms with Crippen LogP contribution in [0.15, 0.2) is 60.9 Å². The molecular formula is C40H58N4O2. The molecule has 6 nitrogen and oxygen atoms in total. The summed E-state index contributed by atoms with van der Waals surface area (Å²) in [5.41, 5.74) is 4.41. The first kappa shape index (κ1) is 36.9. The lowest BCUT2D eigenvalue weighted by atomic mass is 10.1. The van der Waals surface area contributed by atoms with Gasteiger partial charge in [-0.1, -0.05) is 129 Å². The summed E-state index contributed by atoms with van der Waals surface area (Å²) in [6.45, 7) is 4.50. The number of anilines is 2. The molecule has 0 spiro atoms. The van der Waals surface area contributed by atoms with Crippen molar-refractivity contribution in [2.75, 3.05) is 10.6 Å². The van der Waals surface area contributed by atoms with E-state index in [0.717, 1.165) is 53.7 Å². The third kappa shape index (κ3) is 15.2. The zero-order chi connectivity index (χ0) is 32.7. The summed E-state index contributed by atoms with van der Waals surface area (Å²) in [6.07, 6.45) is 27.2. The van der Waals surface area contributed by atoms with Crippen LogP contribution in [0.5, 0.6) is 0 Å². The van der Waals surface area contributed by atoms with E-state index in [1.54, 1.807) is 0 Å². The minimum Gasteiger partial charge on any atom is -0.326 e. The van der Waals surface area contributed by atoms with E-state index < -0.39 is 0 Å². The molecule has 250 valence electrons. The van der Waals surface area contributed by atoms with Gasteiger partial charge in [0.1, 0.15) is 0 Å². The largest absolute Gasteiger partial charge is 0.326 e. The first-order valence-corrected chi connectivity index (χ1v) is 18.2. The number of amides is 2. The van der Waals surface area contributed by atoms with Gasteiger partial charge >= 0.3 is 0 Å². The Morgan fingerprint density at radius 3 is 1.20 bits per heavy atom. The molecule has 2 amide bonds. The molecule has 2 aromatic carbocycles. The quantitative estimate of drug-likeness (QED) is 0.0969. The third-order valence-corrected chi connectivity index (χ3v) is 8.60. The molecule has 0 radical (unpaired) electrons. The summed E-state index contributed by atoms with van der Waals surface area (Å²) in [4.78, 5) is 33.9. The average molecular weight is 627 g/mol. The summed E-state index contributed by atoms with van der Waals surface area (Å²) < 4.78 is 0. The normalized spacial score (nSPS) is 11.0. The number of aromatic nitrogens is 2. The summed E-state index contributed by atoms with van der Waals surface area (Å²) in [5, 5.41) is 6.03. The molecule has 0 aliphatic rings. The van der Waals surface area contributed by atoms with Crippen LogP contribution in [0.2, 0.25) is 0 Å². The lowest BCUT2D eigenvalue weighted by Gasteiger charge is -2.08. The number of nitrogens with zero attached hydrogens (tertiary/aromatic N) is 2. The Kier molecular flexibility index (Phi) is 18.4. The molecule has 3 rings (SSSR count). The predicted octanol–water partition coefficient (Wildman–Crippen LogP) is 11.5. The van der Waals surface area contributed by atoms with Crippen LogP contribution >= 0.6 is 0 Å². The number of hydrogen-bond acceptors (Lipinski definition) is 4. The highest BCUT2D eigenvalue weighted by molar-refractivity contribution is 5.91. The number of carbonyl (C=O) groups is 2. The van der Waals surface area contributed by atoms with Gasteiger partial charge in [-0.25, -0.2) is 9.97 Å². The van der Waals surface area contributed by atoms with Crippen molar-refractivity contribution in [3.63, 3.8) is 0 Å². The van der Waals surface area contributed by atoms with Crippen LogP contribution in [0.1, 0.15) is 142 Å². The van der Waals surface area contributed by atoms with Gasteiger partial charge in [-0.2, -0.15) is 0 Å². The molecule has 46 heavy (non-hydrogen) atoms. The van der Waals surface area contributed by atoms with Crippen LogP contribution in [-0.2, 0) is 9.59 Å². The highest BCUT2D eigenvalue weighted by Crippen LogP contribution is 2.24. The van der Waals surface area contributed by atoms with Gasteiger partial charge in [-0.05, 0) is 54.8 Å². The van der Waals surface area contributed by atoms with Crippen molar-refractivity contribution in [2.45, 2.75) is 142 Å². The van der Waals surface area contributed by atoms with Gasteiger partial charge in [-0.15, -0.1) is 0 Å². The second kappa shape index (κ2) is 22.9. The summed E-state index contributed by atoms with van der Waals surface area (Å²) in [6, 6.07) is 15.5. The molecule has 1 heterocycles. The van der Waals surface area contributed by atoms with E-state index in [4.69, 9.17) is 0 Å². The van der Waals surface area contributed by atoms with Crippen molar-refractivity contribution in [1.29, 1.82) is 0 Å². The Labute approximate surface area is 278 Å². The van der Waals surface area contributed by atoms with Crippen LogP contribution in [0, 0.1) is 0 Å². The monoisotopic (exact) mass is 626 g/mol. The Morgan fingerprint density at radius 2 is 0.804 bits per heavy atom. The van der Waals surface area contributed by atoms with Crippen LogP contribution in [-0.4, -0.2) is 21.8 Å². The van der Waals surface area contributed by atoms with E-state index in [0.29, 0.717) is 18.7 Å². The molecule has 0 unspecified atom stereocenters. The fourth-order valence-electron chi connectivity index (χ4n) is 5.71. The van der Waals surface area contributed by atoms with Gasteiger partial charge in [0.05, 0.1) is 0 Å². The van der Waals surface area contributed by atoms with E-state index in [1.807, 2.05) is 60.9 Å². The van der Waals surface area contributed by atoms with Crippen LogP contribution in [0.25, 0.3) is 22.5 Å². The molecule has 0 fully saturated rings. The number of unbranched alkanes of at least 4 members (excludes halogenated alkanes) is 16. The molecule has 0 saturated carbocycles. The predicted molar refractivity (Wildman–Crippen MR) is 194 cm³/mol. The molecule has 0 atom stereocenters. The van der Waals surface area contributed by atoms with E-state index in [1.165, 1.54) is 89.9 Å². The van der Waals surface area contributed by atoms with E-state index in [-0.39, 0.29) is 11.8 Å². The Morgan fingerprint density at radius 1 is 0.457 bits per heavy atom. The number of carbonyl (C=O) groups excluding carboxylic acids is 2. The highest BCUT2D eigenvalue weighted by Gasteiger charge is 2.07. The summed E-state index contributed by atoms with van der Waals surface area (Å²) >= 11 is 0. The highest BCUT2D eigenvalue weighted by atomic mass is 16.2. The number of hydrogen-bond donors (Lipinski definition) is 2. The molecule has 2 N–H and O–H groups in total. The Balaban J connectivity index is 1.34. The molecule has 6 heteroatoms. The molecule has 0 aliphatic carbocycles. The van der Waals surface area contributed by atoms with E-state index in [9.17, 15) is 9.59 Å². The second-order valence-corrected chi connectivity index (χ2v) is 12.7. The van der Waals surface area contributed by atoms with Crippen molar-refractivity contribution in [1.82, 2.24) is 9.97 Å². The van der Waals surface area contributed by atoms with Crippen molar-refractivity contribution >= 4 is 23.2 Å². The number of benzene rings is 2. The van der Waals surface area contributed by atoms with Gasteiger partial charge in [0.2, 0.25) is 11.8 Å². The van der Waals surface area contributed by atoms with Crippen molar-refractivity contribution in [3.8, 4) is 22.5 Å². The molecule has 0 bridgehead atoms. The molecular weight excluding hydrogens is 568 g/mol. The maximum absolute atomic E-state index is 12.4. The van der Waals surface area contributed by atoms with E-state index in [2.05, 4.69) is 34.4 Å². The maximum atomic E-state index is 12.4. The van der Waals surface area contributed by atoms with Gasteiger partial charge < -0.3 is 10.6 Å². The van der Waals surface area contributed by atoms with Crippen molar-refractivity contribution in [2.24, 2.45) is 0 Å². The Bertz CT molecular complexity index is 1140. The topological polar surface area (TPSA) is 84.0 Å². The molecule has 0 aliphatic heterocycles. The fourth-order valence-corrected chi connectivity index (χ4v) is 5.71. The van der Waals surface area contributed by atoms with Crippen molar-refractivity contribution < 1.29 is 9.59 Å².